The lowest BCUT2D eigenvalue weighted by atomic mass is 10.1. The highest BCUT2D eigenvalue weighted by Gasteiger charge is 2.19. The summed E-state index contributed by atoms with van der Waals surface area (Å²) in [7, 11) is 1.70. The first-order chi connectivity index (χ1) is 11.6. The minimum Gasteiger partial charge on any atom is -0.383 e. The van der Waals surface area contributed by atoms with Crippen molar-refractivity contribution >= 4 is 17.7 Å². The maximum absolute atomic E-state index is 12.0. The monoisotopic (exact) mass is 333 g/mol. The third-order valence-electron chi connectivity index (χ3n) is 4.05. The normalized spacial score (nSPS) is 16.4. The van der Waals surface area contributed by atoms with E-state index in [2.05, 4.69) is 10.2 Å². The van der Waals surface area contributed by atoms with E-state index in [1.807, 2.05) is 0 Å². The van der Waals surface area contributed by atoms with Crippen molar-refractivity contribution in [3.05, 3.63) is 46.0 Å². The van der Waals surface area contributed by atoms with E-state index in [1.165, 1.54) is 18.2 Å². The summed E-state index contributed by atoms with van der Waals surface area (Å²) in [6.07, 6.45) is 4.85. The topological polar surface area (TPSA) is 84.7 Å². The molecule has 1 aliphatic rings. The Bertz CT molecular complexity index is 595. The van der Waals surface area contributed by atoms with Crippen LogP contribution in [-0.2, 0) is 9.53 Å². The van der Waals surface area contributed by atoms with Gasteiger partial charge in [0.05, 0.1) is 11.5 Å². The summed E-state index contributed by atoms with van der Waals surface area (Å²) in [6, 6.07) is 6.37. The van der Waals surface area contributed by atoms with E-state index in [0.29, 0.717) is 5.56 Å². The van der Waals surface area contributed by atoms with Crippen molar-refractivity contribution in [2.45, 2.75) is 18.9 Å². The molecule has 24 heavy (non-hydrogen) atoms. The summed E-state index contributed by atoms with van der Waals surface area (Å²) >= 11 is 0. The Morgan fingerprint density at radius 1 is 1.46 bits per heavy atom. The van der Waals surface area contributed by atoms with Crippen molar-refractivity contribution in [2.75, 3.05) is 33.4 Å². The molecule has 0 unspecified atom stereocenters. The number of nitro groups is 1. The number of non-ortho nitro benzene ring substituents is 1. The van der Waals surface area contributed by atoms with Crippen LogP contribution in [0.5, 0.6) is 0 Å². The van der Waals surface area contributed by atoms with Crippen molar-refractivity contribution < 1.29 is 14.5 Å². The van der Waals surface area contributed by atoms with Crippen LogP contribution in [-0.4, -0.2) is 55.1 Å². The van der Waals surface area contributed by atoms with Gasteiger partial charge in [0.2, 0.25) is 5.91 Å². The van der Waals surface area contributed by atoms with Crippen LogP contribution in [0.2, 0.25) is 0 Å². The van der Waals surface area contributed by atoms with Crippen LogP contribution in [0.4, 0.5) is 5.69 Å². The number of carbonyl (C=O) groups is 1. The van der Waals surface area contributed by atoms with Crippen LogP contribution in [0.25, 0.3) is 6.08 Å². The van der Waals surface area contributed by atoms with E-state index in [9.17, 15) is 14.9 Å². The number of rotatable bonds is 7. The lowest BCUT2D eigenvalue weighted by Crippen LogP contribution is -2.45. The Balaban J connectivity index is 1.79. The predicted molar refractivity (Wildman–Crippen MR) is 91.6 cm³/mol. The maximum Gasteiger partial charge on any atom is 0.270 e. The average Bonchev–Trinajstić information content (AvgIpc) is 2.59. The second kappa shape index (κ2) is 9.14. The van der Waals surface area contributed by atoms with Gasteiger partial charge in [0.25, 0.3) is 5.69 Å². The largest absolute Gasteiger partial charge is 0.383 e. The van der Waals surface area contributed by atoms with Gasteiger partial charge in [0, 0.05) is 51.0 Å². The van der Waals surface area contributed by atoms with Crippen LogP contribution < -0.4 is 5.32 Å². The molecule has 0 aliphatic carbocycles. The molecule has 2 rings (SSSR count). The van der Waals surface area contributed by atoms with Gasteiger partial charge in [-0.25, -0.2) is 0 Å². The molecule has 1 aromatic carbocycles. The molecule has 1 saturated heterocycles. The predicted octanol–water partition coefficient (Wildman–Crippen LogP) is 1.83. The van der Waals surface area contributed by atoms with Gasteiger partial charge in [-0.05, 0) is 24.5 Å². The zero-order chi connectivity index (χ0) is 17.4. The summed E-state index contributed by atoms with van der Waals surface area (Å²) in [5.41, 5.74) is 0.648. The Kier molecular flexibility index (Phi) is 6.89. The molecule has 0 atom stereocenters. The lowest BCUT2D eigenvalue weighted by Gasteiger charge is -2.31. The molecule has 1 amide bonds. The van der Waals surface area contributed by atoms with Crippen LogP contribution in [0.3, 0.4) is 0 Å². The molecule has 1 aliphatic heterocycles. The lowest BCUT2D eigenvalue weighted by molar-refractivity contribution is -0.384. The van der Waals surface area contributed by atoms with Gasteiger partial charge >= 0.3 is 0 Å². The SMILES string of the molecule is COCCN1CCC(NC(=O)C=Cc2cccc([N+](=O)[O-])c2)CC1. The average molecular weight is 333 g/mol. The summed E-state index contributed by atoms with van der Waals surface area (Å²) in [6.45, 7) is 3.54. The third-order valence-corrected chi connectivity index (χ3v) is 4.05. The Hall–Kier alpha value is -2.25. The number of hydrogen-bond donors (Lipinski definition) is 1. The van der Waals surface area contributed by atoms with E-state index in [4.69, 9.17) is 4.74 Å². The van der Waals surface area contributed by atoms with Gasteiger partial charge in [-0.1, -0.05) is 12.1 Å². The fourth-order valence-corrected chi connectivity index (χ4v) is 2.68. The first-order valence-corrected chi connectivity index (χ1v) is 8.03. The standard InChI is InChI=1S/C17H23N3O4/c1-24-12-11-19-9-7-15(8-10-19)18-17(21)6-5-14-3-2-4-16(13-14)20(22)23/h2-6,13,15H,7-12H2,1H3,(H,18,21). The smallest absolute Gasteiger partial charge is 0.270 e. The number of benzene rings is 1. The quantitative estimate of drug-likeness (QED) is 0.467. The zero-order valence-electron chi connectivity index (χ0n) is 13.8. The molecule has 0 spiro atoms. The molecule has 1 N–H and O–H groups in total. The van der Waals surface area contributed by atoms with Gasteiger partial charge in [-0.3, -0.25) is 14.9 Å². The van der Waals surface area contributed by atoms with E-state index in [1.54, 1.807) is 25.3 Å². The maximum atomic E-state index is 12.0. The summed E-state index contributed by atoms with van der Waals surface area (Å²) in [5, 5.41) is 13.7. The Morgan fingerprint density at radius 3 is 2.88 bits per heavy atom. The van der Waals surface area contributed by atoms with Crippen LogP contribution in [0, 0.1) is 10.1 Å². The fourth-order valence-electron chi connectivity index (χ4n) is 2.68. The second-order valence-corrected chi connectivity index (χ2v) is 5.80. The summed E-state index contributed by atoms with van der Waals surface area (Å²) in [4.78, 5) is 24.6. The molecule has 1 fully saturated rings. The summed E-state index contributed by atoms with van der Waals surface area (Å²) < 4.78 is 5.07. The first-order valence-electron chi connectivity index (χ1n) is 8.03. The Labute approximate surface area is 141 Å². The van der Waals surface area contributed by atoms with Gasteiger partial charge < -0.3 is 15.0 Å². The number of hydrogen-bond acceptors (Lipinski definition) is 5. The first kappa shape index (κ1) is 18.1. The number of likely N-dealkylation sites (tertiary alicyclic amines) is 1. The zero-order valence-corrected chi connectivity index (χ0v) is 13.8. The highest BCUT2D eigenvalue weighted by Crippen LogP contribution is 2.14. The number of carbonyl (C=O) groups excluding carboxylic acids is 1. The number of piperidine rings is 1. The van der Waals surface area contributed by atoms with Crippen molar-refractivity contribution in [3.8, 4) is 0 Å². The molecule has 0 radical (unpaired) electrons. The van der Waals surface area contributed by atoms with E-state index < -0.39 is 4.92 Å². The second-order valence-electron chi connectivity index (χ2n) is 5.80. The van der Waals surface area contributed by atoms with Crippen LogP contribution in [0.15, 0.2) is 30.3 Å². The molecule has 130 valence electrons. The highest BCUT2D eigenvalue weighted by atomic mass is 16.6. The van der Waals surface area contributed by atoms with Gasteiger partial charge in [-0.2, -0.15) is 0 Å². The number of nitrogens with zero attached hydrogens (tertiary/aromatic N) is 2. The minimum absolute atomic E-state index is 0.0148. The summed E-state index contributed by atoms with van der Waals surface area (Å²) in [5.74, 6) is -0.170. The molecule has 0 bridgehead atoms. The van der Waals surface area contributed by atoms with Gasteiger partial charge in [0.1, 0.15) is 0 Å². The third kappa shape index (κ3) is 5.75. The number of methoxy groups -OCH3 is 1. The highest BCUT2D eigenvalue weighted by molar-refractivity contribution is 5.92. The number of ether oxygens (including phenoxy) is 1. The molecule has 7 heteroatoms. The van der Waals surface area contributed by atoms with Gasteiger partial charge in [0.15, 0.2) is 0 Å². The number of amides is 1. The Morgan fingerprint density at radius 2 is 2.21 bits per heavy atom. The molecular weight excluding hydrogens is 310 g/mol. The molecular formula is C17H23N3O4. The minimum atomic E-state index is -0.450. The van der Waals surface area contributed by atoms with Crippen molar-refractivity contribution in [1.82, 2.24) is 10.2 Å². The molecule has 1 heterocycles. The number of nitro benzene ring substituents is 1. The molecule has 7 nitrogen and oxygen atoms in total. The number of nitrogens with one attached hydrogen (secondary N) is 1. The van der Waals surface area contributed by atoms with Crippen LogP contribution in [0.1, 0.15) is 18.4 Å². The van der Waals surface area contributed by atoms with E-state index >= 15 is 0 Å². The fraction of sp³-hybridized carbons (Fsp3) is 0.471. The van der Waals surface area contributed by atoms with Crippen molar-refractivity contribution in [3.63, 3.8) is 0 Å². The van der Waals surface area contributed by atoms with Crippen LogP contribution >= 0.6 is 0 Å². The van der Waals surface area contributed by atoms with Gasteiger partial charge in [-0.15, -0.1) is 0 Å². The molecule has 1 aromatic rings. The molecule has 0 aromatic heterocycles. The van der Waals surface area contributed by atoms with E-state index in [0.717, 1.165) is 39.1 Å². The van der Waals surface area contributed by atoms with Crippen molar-refractivity contribution in [1.29, 1.82) is 0 Å². The van der Waals surface area contributed by atoms with E-state index in [-0.39, 0.29) is 17.6 Å². The van der Waals surface area contributed by atoms with Crippen molar-refractivity contribution in [2.24, 2.45) is 0 Å². The molecule has 0 saturated carbocycles.